The smallest absolute Gasteiger partial charge is 0.251 e. The molecule has 0 spiro atoms. The van der Waals surface area contributed by atoms with Crippen molar-refractivity contribution in [2.24, 2.45) is 0 Å². The van der Waals surface area contributed by atoms with Crippen LogP contribution in [0.2, 0.25) is 0 Å². The van der Waals surface area contributed by atoms with Crippen LogP contribution >= 0.6 is 0 Å². The SMILES string of the molecule is COc1cccc([C@@H](C)NC(=O)c2ccc(-c3cn[nH]c3)c(C#N)c2)c1. The largest absolute Gasteiger partial charge is 0.497 e. The highest BCUT2D eigenvalue weighted by Crippen LogP contribution is 2.24. The third-order valence-corrected chi connectivity index (χ3v) is 4.15. The minimum atomic E-state index is -0.240. The molecule has 130 valence electrons. The van der Waals surface area contributed by atoms with Crippen LogP contribution in [0.15, 0.2) is 54.9 Å². The molecule has 0 unspecified atom stereocenters. The molecule has 0 bridgehead atoms. The molecular weight excluding hydrogens is 328 g/mol. The van der Waals surface area contributed by atoms with Gasteiger partial charge in [-0.3, -0.25) is 9.89 Å². The number of hydrogen-bond acceptors (Lipinski definition) is 4. The van der Waals surface area contributed by atoms with E-state index in [2.05, 4.69) is 21.6 Å². The molecule has 1 amide bonds. The number of aromatic amines is 1. The lowest BCUT2D eigenvalue weighted by Gasteiger charge is -2.15. The van der Waals surface area contributed by atoms with Crippen molar-refractivity contribution in [3.8, 4) is 22.9 Å². The Bertz CT molecular complexity index is 958. The first-order chi connectivity index (χ1) is 12.6. The summed E-state index contributed by atoms with van der Waals surface area (Å²) < 4.78 is 5.22. The normalized spacial score (nSPS) is 11.4. The van der Waals surface area contributed by atoms with Crippen LogP contribution in [-0.2, 0) is 0 Å². The number of benzene rings is 2. The summed E-state index contributed by atoms with van der Waals surface area (Å²) >= 11 is 0. The van der Waals surface area contributed by atoms with Crippen LogP contribution in [0.4, 0.5) is 0 Å². The van der Waals surface area contributed by atoms with Crippen LogP contribution in [-0.4, -0.2) is 23.2 Å². The summed E-state index contributed by atoms with van der Waals surface area (Å²) in [6, 6.07) is 14.5. The summed E-state index contributed by atoms with van der Waals surface area (Å²) in [4.78, 5) is 12.6. The first-order valence-corrected chi connectivity index (χ1v) is 8.10. The predicted molar refractivity (Wildman–Crippen MR) is 97.6 cm³/mol. The number of ether oxygens (including phenoxy) is 1. The summed E-state index contributed by atoms with van der Waals surface area (Å²) in [6.07, 6.45) is 3.35. The molecule has 2 N–H and O–H groups in total. The number of H-pyrrole nitrogens is 1. The molecule has 6 nitrogen and oxygen atoms in total. The zero-order valence-electron chi connectivity index (χ0n) is 14.5. The monoisotopic (exact) mass is 346 g/mol. The molecule has 0 aliphatic heterocycles. The van der Waals surface area contributed by atoms with Crippen molar-refractivity contribution in [3.63, 3.8) is 0 Å². The van der Waals surface area contributed by atoms with Gasteiger partial charge in [0.15, 0.2) is 0 Å². The van der Waals surface area contributed by atoms with E-state index in [1.807, 2.05) is 31.2 Å². The van der Waals surface area contributed by atoms with Gasteiger partial charge in [-0.2, -0.15) is 10.4 Å². The number of carbonyl (C=O) groups is 1. The fourth-order valence-electron chi connectivity index (χ4n) is 2.70. The number of amides is 1. The van der Waals surface area contributed by atoms with Gasteiger partial charge in [-0.05, 0) is 36.8 Å². The predicted octanol–water partition coefficient (Wildman–Crippen LogP) is 3.45. The number of methoxy groups -OCH3 is 1. The molecule has 0 aliphatic carbocycles. The second-order valence-corrected chi connectivity index (χ2v) is 5.83. The first kappa shape index (κ1) is 17.2. The van der Waals surface area contributed by atoms with Crippen molar-refractivity contribution in [2.45, 2.75) is 13.0 Å². The van der Waals surface area contributed by atoms with Crippen molar-refractivity contribution in [1.29, 1.82) is 5.26 Å². The second-order valence-electron chi connectivity index (χ2n) is 5.83. The molecule has 0 aliphatic rings. The lowest BCUT2D eigenvalue weighted by molar-refractivity contribution is 0.0940. The van der Waals surface area contributed by atoms with E-state index in [-0.39, 0.29) is 11.9 Å². The maximum Gasteiger partial charge on any atom is 0.251 e. The van der Waals surface area contributed by atoms with E-state index in [0.29, 0.717) is 11.1 Å². The second kappa shape index (κ2) is 7.53. The fourth-order valence-corrected chi connectivity index (χ4v) is 2.70. The summed E-state index contributed by atoms with van der Waals surface area (Å²) in [6.45, 7) is 1.90. The quantitative estimate of drug-likeness (QED) is 0.740. The van der Waals surface area contributed by atoms with Crippen LogP contribution in [0, 0.1) is 11.3 Å². The van der Waals surface area contributed by atoms with Gasteiger partial charge in [0.2, 0.25) is 0 Å². The van der Waals surface area contributed by atoms with Gasteiger partial charge in [0.1, 0.15) is 5.75 Å². The maximum atomic E-state index is 12.6. The van der Waals surface area contributed by atoms with Crippen molar-refractivity contribution in [3.05, 3.63) is 71.5 Å². The molecule has 0 fully saturated rings. The molecule has 6 heteroatoms. The summed E-state index contributed by atoms with van der Waals surface area (Å²) in [5.74, 6) is 0.496. The van der Waals surface area contributed by atoms with E-state index in [4.69, 9.17) is 4.74 Å². The van der Waals surface area contributed by atoms with Gasteiger partial charge in [0.25, 0.3) is 5.91 Å². The summed E-state index contributed by atoms with van der Waals surface area (Å²) in [5.41, 5.74) is 3.33. The molecule has 0 saturated carbocycles. The van der Waals surface area contributed by atoms with Gasteiger partial charge in [0.05, 0.1) is 31.0 Å². The Morgan fingerprint density at radius 2 is 2.15 bits per heavy atom. The van der Waals surface area contributed by atoms with Gasteiger partial charge < -0.3 is 10.1 Å². The molecule has 2 aromatic carbocycles. The Morgan fingerprint density at radius 3 is 2.85 bits per heavy atom. The zero-order chi connectivity index (χ0) is 18.5. The molecule has 1 heterocycles. The highest BCUT2D eigenvalue weighted by Gasteiger charge is 2.15. The Balaban J connectivity index is 1.80. The van der Waals surface area contributed by atoms with Crippen molar-refractivity contribution in [1.82, 2.24) is 15.5 Å². The van der Waals surface area contributed by atoms with E-state index in [1.165, 1.54) is 0 Å². The van der Waals surface area contributed by atoms with Gasteiger partial charge in [-0.25, -0.2) is 0 Å². The minimum Gasteiger partial charge on any atom is -0.497 e. The minimum absolute atomic E-state index is 0.198. The fraction of sp³-hybridized carbons (Fsp3) is 0.150. The van der Waals surface area contributed by atoms with Gasteiger partial charge in [0, 0.05) is 22.9 Å². The average molecular weight is 346 g/mol. The van der Waals surface area contributed by atoms with Crippen molar-refractivity contribution >= 4 is 5.91 Å². The third-order valence-electron chi connectivity index (χ3n) is 4.15. The topological polar surface area (TPSA) is 90.8 Å². The summed E-state index contributed by atoms with van der Waals surface area (Å²) in [5, 5.41) is 19.0. The number of hydrogen-bond donors (Lipinski definition) is 2. The molecule has 0 radical (unpaired) electrons. The number of nitrogens with zero attached hydrogens (tertiary/aromatic N) is 2. The number of aromatic nitrogens is 2. The van der Waals surface area contributed by atoms with Gasteiger partial charge >= 0.3 is 0 Å². The number of nitrogens with one attached hydrogen (secondary N) is 2. The Morgan fingerprint density at radius 1 is 1.31 bits per heavy atom. The van der Waals surface area contributed by atoms with Crippen LogP contribution < -0.4 is 10.1 Å². The Kier molecular flexibility index (Phi) is 4.99. The van der Waals surface area contributed by atoms with Crippen LogP contribution in [0.25, 0.3) is 11.1 Å². The van der Waals surface area contributed by atoms with E-state index < -0.39 is 0 Å². The Hall–Kier alpha value is -3.59. The molecule has 0 saturated heterocycles. The molecule has 1 atom stereocenters. The third kappa shape index (κ3) is 3.57. The van der Waals surface area contributed by atoms with E-state index >= 15 is 0 Å². The van der Waals surface area contributed by atoms with E-state index in [9.17, 15) is 10.1 Å². The average Bonchev–Trinajstić information content (AvgIpc) is 3.22. The van der Waals surface area contributed by atoms with Crippen LogP contribution in [0.1, 0.15) is 34.5 Å². The number of nitriles is 1. The summed E-state index contributed by atoms with van der Waals surface area (Å²) in [7, 11) is 1.60. The lowest BCUT2D eigenvalue weighted by Crippen LogP contribution is -2.26. The van der Waals surface area contributed by atoms with E-state index in [1.54, 1.807) is 37.7 Å². The highest BCUT2D eigenvalue weighted by atomic mass is 16.5. The zero-order valence-corrected chi connectivity index (χ0v) is 14.5. The van der Waals surface area contributed by atoms with Crippen LogP contribution in [0.5, 0.6) is 5.75 Å². The van der Waals surface area contributed by atoms with E-state index in [0.717, 1.165) is 22.4 Å². The van der Waals surface area contributed by atoms with Gasteiger partial charge in [-0.1, -0.05) is 18.2 Å². The number of carbonyl (C=O) groups excluding carboxylic acids is 1. The van der Waals surface area contributed by atoms with Crippen LogP contribution in [0.3, 0.4) is 0 Å². The highest BCUT2D eigenvalue weighted by molar-refractivity contribution is 5.95. The molecule has 26 heavy (non-hydrogen) atoms. The molecular formula is C20H18N4O2. The maximum absolute atomic E-state index is 12.6. The first-order valence-electron chi connectivity index (χ1n) is 8.10. The molecule has 3 rings (SSSR count). The molecule has 1 aromatic heterocycles. The van der Waals surface area contributed by atoms with Crippen molar-refractivity contribution in [2.75, 3.05) is 7.11 Å². The number of rotatable bonds is 5. The van der Waals surface area contributed by atoms with Gasteiger partial charge in [-0.15, -0.1) is 0 Å². The van der Waals surface area contributed by atoms with Crippen molar-refractivity contribution < 1.29 is 9.53 Å². The lowest BCUT2D eigenvalue weighted by atomic mass is 10.00. The standard InChI is InChI=1S/C20H18N4O2/c1-13(14-4-3-5-18(9-14)26-2)24-20(25)15-6-7-19(16(8-15)10-21)17-11-22-23-12-17/h3-9,11-13H,1-2H3,(H,22,23)(H,24,25)/t13-/m1/s1. The molecule has 3 aromatic rings. The Labute approximate surface area is 151 Å².